The van der Waals surface area contributed by atoms with E-state index in [1.54, 1.807) is 0 Å². The molecule has 0 N–H and O–H groups in total. The monoisotopic (exact) mass is 276 g/mol. The Morgan fingerprint density at radius 1 is 1.50 bits per heavy atom. The lowest BCUT2D eigenvalue weighted by Crippen LogP contribution is -1.94. The molecule has 1 atom stereocenters. The van der Waals surface area contributed by atoms with E-state index in [2.05, 4.69) is 22.9 Å². The average molecular weight is 278 g/mol. The third kappa shape index (κ3) is 1.71. The van der Waals surface area contributed by atoms with Gasteiger partial charge < -0.3 is 9.47 Å². The first kappa shape index (κ1) is 10.1. The first-order valence-corrected chi connectivity index (χ1v) is 5.87. The van der Waals surface area contributed by atoms with Gasteiger partial charge in [0.2, 0.25) is 6.79 Å². The Labute approximate surface area is 96.3 Å². The quantitative estimate of drug-likeness (QED) is 0.770. The van der Waals surface area contributed by atoms with Crippen molar-refractivity contribution in [2.45, 2.75) is 12.8 Å². The molecule has 14 heavy (non-hydrogen) atoms. The zero-order valence-electron chi connectivity index (χ0n) is 7.72. The number of alkyl halides is 1. The summed E-state index contributed by atoms with van der Waals surface area (Å²) in [7, 11) is 0. The van der Waals surface area contributed by atoms with Gasteiger partial charge in [-0.2, -0.15) is 0 Å². The lowest BCUT2D eigenvalue weighted by molar-refractivity contribution is 0.174. The van der Waals surface area contributed by atoms with E-state index in [0.717, 1.165) is 16.6 Å². The number of hydrogen-bond donors (Lipinski definition) is 0. The predicted molar refractivity (Wildman–Crippen MR) is 59.8 cm³/mol. The van der Waals surface area contributed by atoms with Crippen LogP contribution < -0.4 is 9.47 Å². The normalized spacial score (nSPS) is 15.6. The molecule has 0 fully saturated rings. The molecule has 0 amide bonds. The predicted octanol–water partition coefficient (Wildman–Crippen LogP) is 3.57. The van der Waals surface area contributed by atoms with Crippen LogP contribution in [0.1, 0.15) is 18.4 Å². The van der Waals surface area contributed by atoms with E-state index in [4.69, 9.17) is 21.1 Å². The molecule has 0 saturated carbocycles. The summed E-state index contributed by atoms with van der Waals surface area (Å²) in [6.45, 7) is 2.39. The van der Waals surface area contributed by atoms with E-state index in [-0.39, 0.29) is 6.79 Å². The van der Waals surface area contributed by atoms with Crippen molar-refractivity contribution in [1.82, 2.24) is 0 Å². The molecule has 1 aliphatic rings. The summed E-state index contributed by atoms with van der Waals surface area (Å²) in [5, 5.41) is 1.53. The van der Waals surface area contributed by atoms with Crippen molar-refractivity contribution in [3.8, 4) is 11.5 Å². The van der Waals surface area contributed by atoms with Crippen LogP contribution in [-0.4, -0.2) is 12.1 Å². The van der Waals surface area contributed by atoms with E-state index in [1.807, 2.05) is 12.1 Å². The molecule has 0 aliphatic carbocycles. The van der Waals surface area contributed by atoms with Crippen molar-refractivity contribution in [3.05, 3.63) is 22.7 Å². The zero-order chi connectivity index (χ0) is 10.1. The minimum Gasteiger partial charge on any atom is -0.454 e. The van der Waals surface area contributed by atoms with Gasteiger partial charge in [-0.3, -0.25) is 0 Å². The molecular weight excluding hydrogens is 267 g/mol. The van der Waals surface area contributed by atoms with Gasteiger partial charge in [-0.1, -0.05) is 34.5 Å². The highest BCUT2D eigenvalue weighted by molar-refractivity contribution is 9.09. The maximum Gasteiger partial charge on any atom is 0.231 e. The van der Waals surface area contributed by atoms with Gasteiger partial charge in [-0.15, -0.1) is 0 Å². The third-order valence-corrected chi connectivity index (χ3v) is 3.50. The molecule has 2 nitrogen and oxygen atoms in total. The molecule has 0 spiro atoms. The maximum absolute atomic E-state index is 6.06. The van der Waals surface area contributed by atoms with Crippen LogP contribution in [0.15, 0.2) is 12.1 Å². The largest absolute Gasteiger partial charge is 0.454 e. The Morgan fingerprint density at radius 3 is 3.00 bits per heavy atom. The minimum absolute atomic E-state index is 0.265. The zero-order valence-corrected chi connectivity index (χ0v) is 10.1. The van der Waals surface area contributed by atoms with Crippen molar-refractivity contribution in [1.29, 1.82) is 0 Å². The van der Waals surface area contributed by atoms with E-state index >= 15 is 0 Å². The van der Waals surface area contributed by atoms with E-state index < -0.39 is 0 Å². The van der Waals surface area contributed by atoms with Crippen molar-refractivity contribution in [2.24, 2.45) is 0 Å². The standard InChI is InChI=1S/C10H10BrClO2/c1-6(4-11)7-2-8(12)10-9(3-7)13-5-14-10/h2-3,6H,4-5H2,1H3. The molecule has 1 aliphatic heterocycles. The minimum atomic E-state index is 0.265. The molecule has 1 aromatic rings. The number of fused-ring (bicyclic) bond motifs is 1. The van der Waals surface area contributed by atoms with Gasteiger partial charge in [0.1, 0.15) is 0 Å². The summed E-state index contributed by atoms with van der Waals surface area (Å²) >= 11 is 9.50. The second-order valence-electron chi connectivity index (χ2n) is 3.29. The second-order valence-corrected chi connectivity index (χ2v) is 4.35. The molecule has 0 aromatic heterocycles. The fourth-order valence-electron chi connectivity index (χ4n) is 1.36. The highest BCUT2D eigenvalue weighted by atomic mass is 79.9. The molecule has 76 valence electrons. The number of benzene rings is 1. The van der Waals surface area contributed by atoms with Gasteiger partial charge in [-0.25, -0.2) is 0 Å². The molecule has 1 unspecified atom stereocenters. The Bertz CT molecular complexity index is 354. The van der Waals surface area contributed by atoms with Crippen LogP contribution in [-0.2, 0) is 0 Å². The SMILES string of the molecule is CC(CBr)c1cc(Cl)c2c(c1)OCO2. The molecule has 1 aromatic carbocycles. The topological polar surface area (TPSA) is 18.5 Å². The van der Waals surface area contributed by atoms with Crippen LogP contribution in [0.4, 0.5) is 0 Å². The van der Waals surface area contributed by atoms with Crippen LogP contribution in [0.5, 0.6) is 11.5 Å². The summed E-state index contributed by atoms with van der Waals surface area (Å²) in [6, 6.07) is 3.92. The lowest BCUT2D eigenvalue weighted by atomic mass is 10.0. The number of halogens is 2. The number of ether oxygens (including phenoxy) is 2. The summed E-state index contributed by atoms with van der Waals surface area (Å²) in [6.07, 6.45) is 0. The van der Waals surface area contributed by atoms with E-state index in [9.17, 15) is 0 Å². The molecule has 1 heterocycles. The van der Waals surface area contributed by atoms with Gasteiger partial charge in [0.05, 0.1) is 5.02 Å². The van der Waals surface area contributed by atoms with Gasteiger partial charge >= 0.3 is 0 Å². The van der Waals surface area contributed by atoms with E-state index in [1.165, 1.54) is 0 Å². The first-order chi connectivity index (χ1) is 6.72. The fourth-order valence-corrected chi connectivity index (χ4v) is 2.01. The molecule has 4 heteroatoms. The molecule has 2 rings (SSSR count). The summed E-state index contributed by atoms with van der Waals surface area (Å²) in [4.78, 5) is 0. The van der Waals surface area contributed by atoms with Crippen molar-refractivity contribution in [2.75, 3.05) is 12.1 Å². The van der Waals surface area contributed by atoms with Gasteiger partial charge in [-0.05, 0) is 23.6 Å². The van der Waals surface area contributed by atoms with Crippen molar-refractivity contribution >= 4 is 27.5 Å². The number of rotatable bonds is 2. The smallest absolute Gasteiger partial charge is 0.231 e. The second kappa shape index (κ2) is 3.99. The Balaban J connectivity index is 2.41. The van der Waals surface area contributed by atoms with Crippen molar-refractivity contribution in [3.63, 3.8) is 0 Å². The van der Waals surface area contributed by atoms with Gasteiger partial charge in [0.15, 0.2) is 11.5 Å². The highest BCUT2D eigenvalue weighted by Crippen LogP contribution is 2.41. The van der Waals surface area contributed by atoms with Crippen molar-refractivity contribution < 1.29 is 9.47 Å². The first-order valence-electron chi connectivity index (χ1n) is 4.37. The summed E-state index contributed by atoms with van der Waals surface area (Å²) < 4.78 is 10.5. The Morgan fingerprint density at radius 2 is 2.29 bits per heavy atom. The molecule has 0 bridgehead atoms. The third-order valence-electron chi connectivity index (χ3n) is 2.25. The Hall–Kier alpha value is -0.410. The maximum atomic E-state index is 6.06. The lowest BCUT2D eigenvalue weighted by Gasteiger charge is -2.09. The molecule has 0 saturated heterocycles. The van der Waals surface area contributed by atoms with E-state index in [0.29, 0.717) is 16.7 Å². The van der Waals surface area contributed by atoms with Crippen LogP contribution >= 0.6 is 27.5 Å². The van der Waals surface area contributed by atoms with Crippen LogP contribution in [0.2, 0.25) is 5.02 Å². The Kier molecular flexibility index (Phi) is 2.88. The number of hydrogen-bond acceptors (Lipinski definition) is 2. The summed E-state index contributed by atoms with van der Waals surface area (Å²) in [5.41, 5.74) is 1.16. The van der Waals surface area contributed by atoms with Gasteiger partial charge in [0, 0.05) is 5.33 Å². The van der Waals surface area contributed by atoms with Gasteiger partial charge in [0.25, 0.3) is 0 Å². The van der Waals surface area contributed by atoms with Crippen LogP contribution in [0.3, 0.4) is 0 Å². The fraction of sp³-hybridized carbons (Fsp3) is 0.400. The molecular formula is C10H10BrClO2. The molecule has 0 radical (unpaired) electrons. The highest BCUT2D eigenvalue weighted by Gasteiger charge is 2.19. The summed E-state index contributed by atoms with van der Waals surface area (Å²) in [5.74, 6) is 1.83. The average Bonchev–Trinajstić information content (AvgIpc) is 2.64. The van der Waals surface area contributed by atoms with Crippen LogP contribution in [0.25, 0.3) is 0 Å². The van der Waals surface area contributed by atoms with Crippen LogP contribution in [0, 0.1) is 0 Å².